The van der Waals surface area contributed by atoms with Gasteiger partial charge in [0.15, 0.2) is 0 Å². The van der Waals surface area contributed by atoms with Crippen molar-refractivity contribution in [2.24, 2.45) is 0 Å². The zero-order valence-corrected chi connectivity index (χ0v) is 19.6. The fourth-order valence-corrected chi connectivity index (χ4v) is 6.80. The Bertz CT molecular complexity index is 1170. The number of amides is 1. The van der Waals surface area contributed by atoms with E-state index < -0.39 is 16.1 Å². The summed E-state index contributed by atoms with van der Waals surface area (Å²) in [5, 5.41) is 5.94. The maximum absolute atomic E-state index is 13.1. The fraction of sp³-hybridized carbons (Fsp3) is 0.333. The van der Waals surface area contributed by atoms with Crippen LogP contribution in [-0.2, 0) is 21.4 Å². The van der Waals surface area contributed by atoms with Crippen molar-refractivity contribution in [1.82, 2.24) is 14.6 Å². The molecular weight excluding hydrogens is 454 g/mol. The van der Waals surface area contributed by atoms with Crippen LogP contribution < -0.4 is 10.1 Å². The van der Waals surface area contributed by atoms with Crippen LogP contribution in [0.25, 0.3) is 10.6 Å². The Balaban J connectivity index is 1.42. The highest BCUT2D eigenvalue weighted by Crippen LogP contribution is 2.30. The molecule has 2 aromatic heterocycles. The van der Waals surface area contributed by atoms with Gasteiger partial charge in [-0.05, 0) is 56.2 Å². The minimum atomic E-state index is -3.76. The number of hydrogen-bond acceptors (Lipinski definition) is 7. The maximum atomic E-state index is 13.1. The van der Waals surface area contributed by atoms with Gasteiger partial charge in [-0.25, -0.2) is 13.4 Å². The van der Waals surface area contributed by atoms with Crippen molar-refractivity contribution in [3.63, 3.8) is 0 Å². The third-order valence-electron chi connectivity index (χ3n) is 5.14. The van der Waals surface area contributed by atoms with Crippen LogP contribution in [-0.4, -0.2) is 43.3 Å². The van der Waals surface area contributed by atoms with Gasteiger partial charge < -0.3 is 10.1 Å². The Morgan fingerprint density at radius 2 is 2.03 bits per heavy atom. The van der Waals surface area contributed by atoms with Gasteiger partial charge >= 0.3 is 0 Å². The largest absolute Gasteiger partial charge is 0.497 e. The molecule has 4 rings (SSSR count). The van der Waals surface area contributed by atoms with E-state index in [2.05, 4.69) is 10.3 Å². The highest BCUT2D eigenvalue weighted by molar-refractivity contribution is 7.89. The molecule has 0 bridgehead atoms. The Hall–Kier alpha value is -2.27. The molecule has 164 valence electrons. The first kappa shape index (κ1) is 21.9. The number of ether oxygens (including phenoxy) is 1. The normalized spacial score (nSPS) is 17.0. The van der Waals surface area contributed by atoms with Crippen LogP contribution in [0.15, 0.2) is 46.7 Å². The zero-order chi connectivity index (χ0) is 22.0. The number of nitrogens with one attached hydrogen (secondary N) is 1. The molecule has 1 unspecified atom stereocenters. The summed E-state index contributed by atoms with van der Waals surface area (Å²) in [5.74, 6) is 0.312. The number of rotatable bonds is 7. The van der Waals surface area contributed by atoms with Crippen molar-refractivity contribution in [3.8, 4) is 16.3 Å². The number of aryl methyl sites for hydroxylation is 1. The smallest absolute Gasteiger partial charge is 0.243 e. The summed E-state index contributed by atoms with van der Waals surface area (Å²) in [4.78, 5) is 19.5. The Morgan fingerprint density at radius 1 is 1.26 bits per heavy atom. The van der Waals surface area contributed by atoms with Gasteiger partial charge in [0.1, 0.15) is 11.8 Å². The van der Waals surface area contributed by atoms with Crippen LogP contribution in [0.1, 0.15) is 22.7 Å². The molecule has 1 atom stereocenters. The number of nitrogens with zero attached hydrogens (tertiary/aromatic N) is 2. The number of carbonyl (C=O) groups excluding carboxylic acids is 1. The second-order valence-corrected chi connectivity index (χ2v) is 11.3. The van der Waals surface area contributed by atoms with Crippen LogP contribution in [0.2, 0.25) is 0 Å². The monoisotopic (exact) mass is 477 g/mol. The van der Waals surface area contributed by atoms with E-state index in [4.69, 9.17) is 4.74 Å². The molecule has 1 N–H and O–H groups in total. The van der Waals surface area contributed by atoms with Crippen LogP contribution in [0.3, 0.4) is 0 Å². The van der Waals surface area contributed by atoms with E-state index in [-0.39, 0.29) is 10.8 Å². The van der Waals surface area contributed by atoms with Crippen LogP contribution >= 0.6 is 22.7 Å². The van der Waals surface area contributed by atoms with E-state index in [9.17, 15) is 13.2 Å². The summed E-state index contributed by atoms with van der Waals surface area (Å²) in [6.07, 6.45) is 1.16. The number of thiazole rings is 1. The molecule has 31 heavy (non-hydrogen) atoms. The summed E-state index contributed by atoms with van der Waals surface area (Å²) >= 11 is 3.18. The standard InChI is InChI=1S/C21H23N3O4S3/c1-14-23-18(13-29-14)20-10-7-16(30-20)12-22-21(25)19-4-3-11-24(19)31(26,27)17-8-5-15(28-2)6-9-17/h5-10,13,19H,3-4,11-12H2,1-2H3,(H,22,25). The van der Waals surface area contributed by atoms with Crippen molar-refractivity contribution >= 4 is 38.6 Å². The van der Waals surface area contributed by atoms with E-state index in [1.165, 1.54) is 23.5 Å². The van der Waals surface area contributed by atoms with Gasteiger partial charge in [-0.1, -0.05) is 0 Å². The lowest BCUT2D eigenvalue weighted by atomic mass is 10.2. The Morgan fingerprint density at radius 3 is 2.71 bits per heavy atom. The molecular formula is C21H23N3O4S3. The quantitative estimate of drug-likeness (QED) is 0.561. The Kier molecular flexibility index (Phi) is 6.42. The molecule has 1 aliphatic rings. The molecule has 0 saturated carbocycles. The van der Waals surface area contributed by atoms with Crippen molar-refractivity contribution in [1.29, 1.82) is 0 Å². The number of hydrogen-bond donors (Lipinski definition) is 1. The summed E-state index contributed by atoms with van der Waals surface area (Å²) in [6.45, 7) is 2.66. The second-order valence-electron chi connectivity index (χ2n) is 7.18. The van der Waals surface area contributed by atoms with Crippen molar-refractivity contribution < 1.29 is 17.9 Å². The van der Waals surface area contributed by atoms with Gasteiger partial charge in [0, 0.05) is 16.8 Å². The number of benzene rings is 1. The lowest BCUT2D eigenvalue weighted by molar-refractivity contribution is -0.124. The first-order valence-corrected chi connectivity index (χ1v) is 13.0. The average molecular weight is 478 g/mol. The minimum Gasteiger partial charge on any atom is -0.497 e. The second kappa shape index (κ2) is 9.07. The highest BCUT2D eigenvalue weighted by Gasteiger charge is 2.39. The molecule has 1 saturated heterocycles. The number of sulfonamides is 1. The topological polar surface area (TPSA) is 88.6 Å². The third-order valence-corrected chi connectivity index (χ3v) is 8.95. The molecule has 1 aromatic carbocycles. The van der Waals surface area contributed by atoms with Crippen LogP contribution in [0.5, 0.6) is 5.75 Å². The number of methoxy groups -OCH3 is 1. The summed E-state index contributed by atoms with van der Waals surface area (Å²) in [7, 11) is -2.23. The minimum absolute atomic E-state index is 0.162. The fourth-order valence-electron chi connectivity index (χ4n) is 3.55. The molecule has 3 aromatic rings. The van der Waals surface area contributed by atoms with Gasteiger partial charge in [-0.15, -0.1) is 22.7 Å². The first-order valence-electron chi connectivity index (χ1n) is 9.83. The van der Waals surface area contributed by atoms with Gasteiger partial charge in [-0.3, -0.25) is 4.79 Å². The van der Waals surface area contributed by atoms with E-state index in [1.54, 1.807) is 34.8 Å². The third kappa shape index (κ3) is 4.67. The molecule has 1 amide bonds. The molecule has 0 spiro atoms. The van der Waals surface area contributed by atoms with Gasteiger partial charge in [0.2, 0.25) is 15.9 Å². The molecule has 0 aliphatic carbocycles. The summed E-state index contributed by atoms with van der Waals surface area (Å²) in [6, 6.07) is 9.50. The molecule has 7 nitrogen and oxygen atoms in total. The van der Waals surface area contributed by atoms with Gasteiger partial charge in [0.05, 0.1) is 34.1 Å². The molecule has 3 heterocycles. The van der Waals surface area contributed by atoms with Gasteiger partial charge in [0.25, 0.3) is 0 Å². The lowest BCUT2D eigenvalue weighted by Crippen LogP contribution is -2.45. The molecule has 0 radical (unpaired) electrons. The van der Waals surface area contributed by atoms with E-state index >= 15 is 0 Å². The van der Waals surface area contributed by atoms with Crippen molar-refractivity contribution in [2.75, 3.05) is 13.7 Å². The predicted molar refractivity (Wildman–Crippen MR) is 122 cm³/mol. The lowest BCUT2D eigenvalue weighted by Gasteiger charge is -2.23. The number of thiophene rings is 1. The molecule has 1 aliphatic heterocycles. The maximum Gasteiger partial charge on any atom is 0.243 e. The highest BCUT2D eigenvalue weighted by atomic mass is 32.2. The first-order chi connectivity index (χ1) is 14.9. The zero-order valence-electron chi connectivity index (χ0n) is 17.2. The van der Waals surface area contributed by atoms with Crippen molar-refractivity contribution in [3.05, 3.63) is 51.7 Å². The van der Waals surface area contributed by atoms with Crippen molar-refractivity contribution in [2.45, 2.75) is 37.2 Å². The predicted octanol–water partition coefficient (Wildman–Crippen LogP) is 3.66. The van der Waals surface area contributed by atoms with E-state index in [1.807, 2.05) is 24.4 Å². The van der Waals surface area contributed by atoms with E-state index in [0.717, 1.165) is 20.5 Å². The van der Waals surface area contributed by atoms with Crippen LogP contribution in [0, 0.1) is 6.92 Å². The van der Waals surface area contributed by atoms with Gasteiger partial charge in [-0.2, -0.15) is 4.31 Å². The molecule has 1 fully saturated rings. The summed E-state index contributed by atoms with van der Waals surface area (Å²) in [5.41, 5.74) is 0.942. The summed E-state index contributed by atoms with van der Waals surface area (Å²) < 4.78 is 32.6. The number of aromatic nitrogens is 1. The van der Waals surface area contributed by atoms with Crippen LogP contribution in [0.4, 0.5) is 0 Å². The Labute approximate surface area is 189 Å². The van der Waals surface area contributed by atoms with E-state index in [0.29, 0.717) is 31.7 Å². The molecule has 10 heteroatoms. The SMILES string of the molecule is COc1ccc(S(=O)(=O)N2CCCC2C(=O)NCc2ccc(-c3csc(C)n3)s2)cc1. The average Bonchev–Trinajstić information content (AvgIpc) is 3.52. The number of carbonyl (C=O) groups is 1.